The second-order valence-corrected chi connectivity index (χ2v) is 8.21. The van der Waals surface area contributed by atoms with Crippen LogP contribution in [0.2, 0.25) is 0 Å². The average Bonchev–Trinajstić information content (AvgIpc) is 3.23. The van der Waals surface area contributed by atoms with E-state index in [9.17, 15) is 4.79 Å². The lowest BCUT2D eigenvalue weighted by atomic mass is 10.2. The Balaban J connectivity index is 1.55. The minimum Gasteiger partial charge on any atom is -0.473 e. The van der Waals surface area contributed by atoms with E-state index in [1.165, 1.54) is 0 Å². The summed E-state index contributed by atoms with van der Waals surface area (Å²) >= 11 is 3.50. The van der Waals surface area contributed by atoms with Gasteiger partial charge in [-0.05, 0) is 49.4 Å². The highest BCUT2D eigenvalue weighted by molar-refractivity contribution is 7.99. The minimum atomic E-state index is -0.222. The van der Waals surface area contributed by atoms with Gasteiger partial charge in [0, 0.05) is 17.6 Å². The molecular formula is C18H17N3O2S2. The van der Waals surface area contributed by atoms with E-state index in [-0.39, 0.29) is 12.0 Å². The van der Waals surface area contributed by atoms with Gasteiger partial charge >= 0.3 is 0 Å². The van der Waals surface area contributed by atoms with Crippen LogP contribution in [0.5, 0.6) is 5.88 Å². The van der Waals surface area contributed by atoms with Gasteiger partial charge in [-0.2, -0.15) is 11.8 Å². The Kier molecular flexibility index (Phi) is 4.59. The van der Waals surface area contributed by atoms with E-state index >= 15 is 0 Å². The SMILES string of the molecule is Cc1nc2cc(NC(=O)c3cccnc3OC3CCSC3)ccc2s1. The summed E-state index contributed by atoms with van der Waals surface area (Å²) in [6.45, 7) is 1.98. The zero-order valence-electron chi connectivity index (χ0n) is 13.7. The summed E-state index contributed by atoms with van der Waals surface area (Å²) in [5.41, 5.74) is 2.06. The summed E-state index contributed by atoms with van der Waals surface area (Å²) in [5.74, 6) is 2.21. The van der Waals surface area contributed by atoms with Crippen LogP contribution in [0.1, 0.15) is 21.8 Å². The third-order valence-electron chi connectivity index (χ3n) is 3.93. The van der Waals surface area contributed by atoms with Crippen molar-refractivity contribution in [2.24, 2.45) is 0 Å². The number of hydrogen-bond donors (Lipinski definition) is 1. The molecule has 1 atom stereocenters. The molecule has 1 aromatic carbocycles. The maximum atomic E-state index is 12.7. The number of pyridine rings is 1. The number of rotatable bonds is 4. The van der Waals surface area contributed by atoms with Gasteiger partial charge in [0.05, 0.1) is 15.2 Å². The first kappa shape index (κ1) is 16.4. The number of carbonyl (C=O) groups excluding carboxylic acids is 1. The number of amides is 1. The van der Waals surface area contributed by atoms with Gasteiger partial charge in [-0.25, -0.2) is 9.97 Å². The molecule has 7 heteroatoms. The standard InChI is InChI=1S/C18H17N3O2S2/c1-11-20-15-9-12(4-5-16(15)25-11)21-17(22)14-3-2-7-19-18(14)23-13-6-8-24-10-13/h2-5,7,9,13H,6,8,10H2,1H3,(H,21,22). The Bertz CT molecular complexity index is 920. The molecule has 25 heavy (non-hydrogen) atoms. The van der Waals surface area contributed by atoms with Crippen molar-refractivity contribution in [2.75, 3.05) is 16.8 Å². The molecule has 0 aliphatic carbocycles. The van der Waals surface area contributed by atoms with Crippen molar-refractivity contribution in [1.82, 2.24) is 9.97 Å². The first-order valence-electron chi connectivity index (χ1n) is 8.07. The van der Waals surface area contributed by atoms with Crippen LogP contribution in [0.25, 0.3) is 10.2 Å². The molecule has 0 spiro atoms. The Morgan fingerprint density at radius 1 is 1.36 bits per heavy atom. The highest BCUT2D eigenvalue weighted by Gasteiger charge is 2.21. The van der Waals surface area contributed by atoms with Gasteiger partial charge in [-0.1, -0.05) is 0 Å². The molecule has 5 nitrogen and oxygen atoms in total. The molecule has 1 aliphatic rings. The molecule has 1 aliphatic heterocycles. The highest BCUT2D eigenvalue weighted by Crippen LogP contribution is 2.27. The van der Waals surface area contributed by atoms with E-state index in [0.717, 1.165) is 33.2 Å². The van der Waals surface area contributed by atoms with E-state index in [1.54, 1.807) is 29.7 Å². The van der Waals surface area contributed by atoms with E-state index < -0.39 is 0 Å². The summed E-state index contributed by atoms with van der Waals surface area (Å²) in [4.78, 5) is 21.4. The molecule has 1 unspecified atom stereocenters. The van der Waals surface area contributed by atoms with E-state index in [1.807, 2.05) is 36.9 Å². The topological polar surface area (TPSA) is 64.1 Å². The predicted octanol–water partition coefficient (Wildman–Crippen LogP) is 4.14. The molecule has 128 valence electrons. The fraction of sp³-hybridized carbons (Fsp3) is 0.278. The van der Waals surface area contributed by atoms with Crippen LogP contribution in [-0.2, 0) is 0 Å². The van der Waals surface area contributed by atoms with Crippen LogP contribution >= 0.6 is 23.1 Å². The number of aryl methyl sites for hydroxylation is 1. The maximum Gasteiger partial charge on any atom is 0.261 e. The Labute approximate surface area is 153 Å². The Hall–Kier alpha value is -2.12. The van der Waals surface area contributed by atoms with Gasteiger partial charge in [-0.15, -0.1) is 11.3 Å². The molecule has 0 bridgehead atoms. The van der Waals surface area contributed by atoms with Crippen molar-refractivity contribution in [3.05, 3.63) is 47.1 Å². The zero-order valence-corrected chi connectivity index (χ0v) is 15.3. The van der Waals surface area contributed by atoms with Crippen molar-refractivity contribution in [3.63, 3.8) is 0 Å². The quantitative estimate of drug-likeness (QED) is 0.747. The van der Waals surface area contributed by atoms with Crippen LogP contribution in [0.15, 0.2) is 36.5 Å². The van der Waals surface area contributed by atoms with Gasteiger partial charge < -0.3 is 10.1 Å². The number of benzene rings is 1. The number of ether oxygens (including phenoxy) is 1. The van der Waals surface area contributed by atoms with Crippen molar-refractivity contribution in [2.45, 2.75) is 19.4 Å². The van der Waals surface area contributed by atoms with E-state index in [2.05, 4.69) is 15.3 Å². The average molecular weight is 371 g/mol. The van der Waals surface area contributed by atoms with E-state index in [4.69, 9.17) is 4.74 Å². The molecule has 1 saturated heterocycles. The molecule has 3 heterocycles. The molecule has 1 amide bonds. The molecular weight excluding hydrogens is 354 g/mol. The fourth-order valence-corrected chi connectivity index (χ4v) is 4.64. The number of carbonyl (C=O) groups is 1. The minimum absolute atomic E-state index is 0.126. The highest BCUT2D eigenvalue weighted by atomic mass is 32.2. The number of anilines is 1. The number of nitrogens with one attached hydrogen (secondary N) is 1. The van der Waals surface area contributed by atoms with Crippen molar-refractivity contribution >= 4 is 44.9 Å². The largest absolute Gasteiger partial charge is 0.473 e. The van der Waals surface area contributed by atoms with E-state index in [0.29, 0.717) is 17.1 Å². The molecule has 1 N–H and O–H groups in total. The second-order valence-electron chi connectivity index (χ2n) is 5.83. The lowest BCUT2D eigenvalue weighted by molar-refractivity contribution is 0.101. The number of hydrogen-bond acceptors (Lipinski definition) is 6. The van der Waals surface area contributed by atoms with Gasteiger partial charge in [-0.3, -0.25) is 4.79 Å². The van der Waals surface area contributed by atoms with Crippen LogP contribution in [-0.4, -0.2) is 33.5 Å². The van der Waals surface area contributed by atoms with Crippen LogP contribution < -0.4 is 10.1 Å². The van der Waals surface area contributed by atoms with Crippen LogP contribution in [0.3, 0.4) is 0 Å². The van der Waals surface area contributed by atoms with Crippen molar-refractivity contribution in [1.29, 1.82) is 0 Å². The number of aromatic nitrogens is 2. The van der Waals surface area contributed by atoms with Crippen molar-refractivity contribution in [3.8, 4) is 5.88 Å². The van der Waals surface area contributed by atoms with Gasteiger partial charge in [0.15, 0.2) is 0 Å². The maximum absolute atomic E-state index is 12.7. The monoisotopic (exact) mass is 371 g/mol. The lowest BCUT2D eigenvalue weighted by Gasteiger charge is -2.14. The Morgan fingerprint density at radius 2 is 2.28 bits per heavy atom. The summed E-state index contributed by atoms with van der Waals surface area (Å²) in [6.07, 6.45) is 2.77. The normalized spacial score (nSPS) is 16.9. The third-order valence-corrected chi connectivity index (χ3v) is 6.02. The number of thiazole rings is 1. The third kappa shape index (κ3) is 3.62. The first-order chi connectivity index (χ1) is 12.2. The summed E-state index contributed by atoms with van der Waals surface area (Å²) < 4.78 is 7.05. The fourth-order valence-electron chi connectivity index (χ4n) is 2.74. The smallest absolute Gasteiger partial charge is 0.261 e. The van der Waals surface area contributed by atoms with Gasteiger partial charge in [0.25, 0.3) is 5.91 Å². The molecule has 2 aromatic heterocycles. The summed E-state index contributed by atoms with van der Waals surface area (Å²) in [7, 11) is 0. The molecule has 3 aromatic rings. The summed E-state index contributed by atoms with van der Waals surface area (Å²) in [6, 6.07) is 9.25. The zero-order chi connectivity index (χ0) is 17.2. The number of thioether (sulfide) groups is 1. The summed E-state index contributed by atoms with van der Waals surface area (Å²) in [5, 5.41) is 3.94. The molecule has 1 fully saturated rings. The number of fused-ring (bicyclic) bond motifs is 1. The van der Waals surface area contributed by atoms with Crippen LogP contribution in [0.4, 0.5) is 5.69 Å². The molecule has 4 rings (SSSR count). The van der Waals surface area contributed by atoms with Gasteiger partial charge in [0.2, 0.25) is 5.88 Å². The second kappa shape index (κ2) is 7.01. The van der Waals surface area contributed by atoms with Crippen molar-refractivity contribution < 1.29 is 9.53 Å². The Morgan fingerprint density at radius 3 is 3.12 bits per heavy atom. The first-order valence-corrected chi connectivity index (χ1v) is 10.0. The molecule has 0 radical (unpaired) electrons. The number of nitrogens with zero attached hydrogens (tertiary/aromatic N) is 2. The van der Waals surface area contributed by atoms with Gasteiger partial charge in [0.1, 0.15) is 11.7 Å². The lowest BCUT2D eigenvalue weighted by Crippen LogP contribution is -2.20. The van der Waals surface area contributed by atoms with Crippen LogP contribution in [0, 0.1) is 6.92 Å². The molecule has 0 saturated carbocycles. The predicted molar refractivity (Wildman–Crippen MR) is 103 cm³/mol.